The number of urea groups is 1. The molecule has 116 valence electrons. The van der Waals surface area contributed by atoms with E-state index in [1.54, 1.807) is 23.2 Å². The Morgan fingerprint density at radius 1 is 1.62 bits per heavy atom. The monoisotopic (exact) mass is 311 g/mol. The van der Waals surface area contributed by atoms with Crippen molar-refractivity contribution in [1.82, 2.24) is 15.2 Å². The molecule has 2 amide bonds. The van der Waals surface area contributed by atoms with Crippen LogP contribution in [0.3, 0.4) is 0 Å². The number of rotatable bonds is 4. The standard InChI is InChI=1S/C14H21N3O3S/c1-4-10-7-15-12(21-10)8(2)16-14(20)17-6-5-11(9(17)3)13(18)19/h7-9,11H,4-6H2,1-3H3,(H,16,20)(H,18,19). The lowest BCUT2D eigenvalue weighted by atomic mass is 10.0. The summed E-state index contributed by atoms with van der Waals surface area (Å²) in [5.41, 5.74) is 0. The summed E-state index contributed by atoms with van der Waals surface area (Å²) in [4.78, 5) is 30.5. The quantitative estimate of drug-likeness (QED) is 0.893. The number of amides is 2. The largest absolute Gasteiger partial charge is 0.481 e. The summed E-state index contributed by atoms with van der Waals surface area (Å²) in [5, 5.41) is 12.9. The third kappa shape index (κ3) is 3.34. The van der Waals surface area contributed by atoms with Crippen LogP contribution in [0.25, 0.3) is 0 Å². The van der Waals surface area contributed by atoms with Gasteiger partial charge in [0.05, 0.1) is 12.0 Å². The summed E-state index contributed by atoms with van der Waals surface area (Å²) < 4.78 is 0. The molecule has 0 aromatic carbocycles. The van der Waals surface area contributed by atoms with Crippen molar-refractivity contribution in [1.29, 1.82) is 0 Å². The van der Waals surface area contributed by atoms with E-state index in [1.807, 2.05) is 13.1 Å². The summed E-state index contributed by atoms with van der Waals surface area (Å²) in [6, 6.07) is -0.664. The molecule has 2 heterocycles. The number of aryl methyl sites for hydroxylation is 1. The second kappa shape index (κ2) is 6.43. The zero-order valence-electron chi connectivity index (χ0n) is 12.5. The molecule has 3 atom stereocenters. The van der Waals surface area contributed by atoms with E-state index in [0.717, 1.165) is 11.4 Å². The first-order chi connectivity index (χ1) is 9.93. The van der Waals surface area contributed by atoms with Crippen molar-refractivity contribution in [2.45, 2.75) is 45.7 Å². The number of aliphatic carboxylic acids is 1. The molecule has 7 heteroatoms. The molecule has 21 heavy (non-hydrogen) atoms. The van der Waals surface area contributed by atoms with Crippen molar-refractivity contribution in [2.75, 3.05) is 6.54 Å². The van der Waals surface area contributed by atoms with E-state index in [4.69, 9.17) is 5.11 Å². The minimum absolute atomic E-state index is 0.168. The molecule has 0 aliphatic carbocycles. The molecular weight excluding hydrogens is 290 g/mol. The fraction of sp³-hybridized carbons (Fsp3) is 0.643. The van der Waals surface area contributed by atoms with Gasteiger partial charge in [-0.25, -0.2) is 9.78 Å². The van der Waals surface area contributed by atoms with Crippen molar-refractivity contribution >= 4 is 23.3 Å². The molecule has 1 fully saturated rings. The van der Waals surface area contributed by atoms with Crippen molar-refractivity contribution in [3.05, 3.63) is 16.1 Å². The van der Waals surface area contributed by atoms with E-state index in [-0.39, 0.29) is 18.1 Å². The second-order valence-electron chi connectivity index (χ2n) is 5.36. The van der Waals surface area contributed by atoms with Crippen molar-refractivity contribution in [2.24, 2.45) is 5.92 Å². The lowest BCUT2D eigenvalue weighted by molar-refractivity contribution is -0.142. The summed E-state index contributed by atoms with van der Waals surface area (Å²) in [6.45, 7) is 6.23. The van der Waals surface area contributed by atoms with E-state index >= 15 is 0 Å². The minimum atomic E-state index is -0.835. The number of carboxylic acid groups (broad SMARTS) is 1. The van der Waals surface area contributed by atoms with Gasteiger partial charge >= 0.3 is 12.0 Å². The number of carbonyl (C=O) groups is 2. The van der Waals surface area contributed by atoms with Gasteiger partial charge in [0, 0.05) is 23.7 Å². The number of aromatic nitrogens is 1. The molecule has 0 spiro atoms. The maximum atomic E-state index is 12.3. The topological polar surface area (TPSA) is 82.5 Å². The van der Waals surface area contributed by atoms with Crippen LogP contribution in [0.1, 0.15) is 43.1 Å². The molecule has 0 saturated carbocycles. The van der Waals surface area contributed by atoms with Gasteiger partial charge in [-0.15, -0.1) is 11.3 Å². The third-order valence-corrected chi connectivity index (χ3v) is 5.29. The Kier molecular flexibility index (Phi) is 4.82. The van der Waals surface area contributed by atoms with Crippen LogP contribution in [-0.4, -0.2) is 39.6 Å². The highest BCUT2D eigenvalue weighted by molar-refractivity contribution is 7.11. The minimum Gasteiger partial charge on any atom is -0.481 e. The second-order valence-corrected chi connectivity index (χ2v) is 6.50. The van der Waals surface area contributed by atoms with Gasteiger partial charge in [0.25, 0.3) is 0 Å². The van der Waals surface area contributed by atoms with E-state index in [1.165, 1.54) is 4.88 Å². The zero-order chi connectivity index (χ0) is 15.6. The van der Waals surface area contributed by atoms with Gasteiger partial charge in [-0.05, 0) is 26.7 Å². The normalized spacial score (nSPS) is 23.1. The first kappa shape index (κ1) is 15.8. The summed E-state index contributed by atoms with van der Waals surface area (Å²) in [6.07, 6.45) is 3.28. The SMILES string of the molecule is CCc1cnc(C(C)NC(=O)N2CCC(C(=O)O)C2C)s1. The zero-order valence-corrected chi connectivity index (χ0v) is 13.3. The Bertz CT molecular complexity index is 531. The smallest absolute Gasteiger partial charge is 0.318 e. The number of hydrogen-bond donors (Lipinski definition) is 2. The molecule has 0 bridgehead atoms. The molecule has 3 unspecified atom stereocenters. The predicted molar refractivity (Wildman–Crippen MR) is 80.3 cm³/mol. The molecule has 1 aliphatic rings. The third-order valence-electron chi connectivity index (χ3n) is 3.96. The van der Waals surface area contributed by atoms with E-state index in [0.29, 0.717) is 13.0 Å². The van der Waals surface area contributed by atoms with Gasteiger partial charge in [-0.3, -0.25) is 4.79 Å². The molecule has 1 saturated heterocycles. The maximum absolute atomic E-state index is 12.3. The Morgan fingerprint density at radius 3 is 2.86 bits per heavy atom. The highest BCUT2D eigenvalue weighted by atomic mass is 32.1. The van der Waals surface area contributed by atoms with Crippen LogP contribution in [0.5, 0.6) is 0 Å². The average Bonchev–Trinajstić information content (AvgIpc) is 3.04. The van der Waals surface area contributed by atoms with E-state index < -0.39 is 11.9 Å². The number of hydrogen-bond acceptors (Lipinski definition) is 4. The highest BCUT2D eigenvalue weighted by Crippen LogP contribution is 2.25. The van der Waals surface area contributed by atoms with Crippen LogP contribution >= 0.6 is 11.3 Å². The summed E-state index contributed by atoms with van der Waals surface area (Å²) >= 11 is 1.59. The van der Waals surface area contributed by atoms with Crippen molar-refractivity contribution in [3.63, 3.8) is 0 Å². The van der Waals surface area contributed by atoms with Gasteiger partial charge in [0.15, 0.2) is 0 Å². The van der Waals surface area contributed by atoms with Crippen molar-refractivity contribution < 1.29 is 14.7 Å². The van der Waals surface area contributed by atoms with E-state index in [9.17, 15) is 9.59 Å². The van der Waals surface area contributed by atoms with Gasteiger partial charge < -0.3 is 15.3 Å². The Hall–Kier alpha value is -1.63. The maximum Gasteiger partial charge on any atom is 0.318 e. The lowest BCUT2D eigenvalue weighted by Crippen LogP contribution is -2.44. The Balaban J connectivity index is 1.96. The molecule has 1 aliphatic heterocycles. The first-order valence-corrected chi connectivity index (χ1v) is 8.00. The highest BCUT2D eigenvalue weighted by Gasteiger charge is 2.38. The lowest BCUT2D eigenvalue weighted by Gasteiger charge is -2.25. The van der Waals surface area contributed by atoms with Crippen LogP contribution < -0.4 is 5.32 Å². The Morgan fingerprint density at radius 2 is 2.33 bits per heavy atom. The van der Waals surface area contributed by atoms with Crippen LogP contribution in [0.4, 0.5) is 4.79 Å². The fourth-order valence-electron chi connectivity index (χ4n) is 2.57. The number of thiazole rings is 1. The number of likely N-dealkylation sites (tertiary alicyclic amines) is 1. The molecule has 2 N–H and O–H groups in total. The predicted octanol–water partition coefficient (Wildman–Crippen LogP) is 2.27. The number of carbonyl (C=O) groups excluding carboxylic acids is 1. The van der Waals surface area contributed by atoms with Gasteiger partial charge in [-0.2, -0.15) is 0 Å². The fourth-order valence-corrected chi connectivity index (χ4v) is 3.43. The molecule has 2 rings (SSSR count). The van der Waals surface area contributed by atoms with Gasteiger partial charge in [-0.1, -0.05) is 6.92 Å². The molecular formula is C14H21N3O3S. The van der Waals surface area contributed by atoms with Crippen LogP contribution in [0.2, 0.25) is 0 Å². The average molecular weight is 311 g/mol. The molecule has 1 aromatic heterocycles. The van der Waals surface area contributed by atoms with Gasteiger partial charge in [0.2, 0.25) is 0 Å². The number of nitrogens with one attached hydrogen (secondary N) is 1. The molecule has 0 radical (unpaired) electrons. The molecule has 6 nitrogen and oxygen atoms in total. The summed E-state index contributed by atoms with van der Waals surface area (Å²) in [7, 11) is 0. The van der Waals surface area contributed by atoms with Crippen LogP contribution in [0, 0.1) is 5.92 Å². The number of carboxylic acids is 1. The van der Waals surface area contributed by atoms with Gasteiger partial charge in [0.1, 0.15) is 5.01 Å². The van der Waals surface area contributed by atoms with E-state index in [2.05, 4.69) is 17.2 Å². The van der Waals surface area contributed by atoms with Crippen molar-refractivity contribution in [3.8, 4) is 0 Å². The number of nitrogens with zero attached hydrogens (tertiary/aromatic N) is 2. The Labute approximate surface area is 128 Å². The first-order valence-electron chi connectivity index (χ1n) is 7.18. The van der Waals surface area contributed by atoms with Crippen LogP contribution in [-0.2, 0) is 11.2 Å². The molecule has 1 aromatic rings. The summed E-state index contributed by atoms with van der Waals surface area (Å²) in [5.74, 6) is -1.31. The van der Waals surface area contributed by atoms with Crippen LogP contribution in [0.15, 0.2) is 6.20 Å².